The summed E-state index contributed by atoms with van der Waals surface area (Å²) in [6, 6.07) is 11.7. The van der Waals surface area contributed by atoms with Gasteiger partial charge in [0, 0.05) is 62.2 Å². The summed E-state index contributed by atoms with van der Waals surface area (Å²) in [7, 11) is 0. The highest BCUT2D eigenvalue weighted by Crippen LogP contribution is 2.16. The lowest BCUT2D eigenvalue weighted by molar-refractivity contribution is 0.0746. The second kappa shape index (κ2) is 6.76. The Hall–Kier alpha value is -3.15. The maximum atomic E-state index is 12.8. The Kier molecular flexibility index (Phi) is 4.16. The van der Waals surface area contributed by atoms with E-state index in [2.05, 4.69) is 14.9 Å². The number of amides is 1. The van der Waals surface area contributed by atoms with E-state index in [0.717, 1.165) is 30.2 Å². The van der Waals surface area contributed by atoms with Gasteiger partial charge in [0.25, 0.3) is 5.91 Å². The quantitative estimate of drug-likeness (QED) is 0.737. The molecule has 1 aliphatic heterocycles. The van der Waals surface area contributed by atoms with Crippen LogP contribution in [0, 0.1) is 0 Å². The van der Waals surface area contributed by atoms with Crippen LogP contribution >= 0.6 is 0 Å². The van der Waals surface area contributed by atoms with Gasteiger partial charge in [-0.3, -0.25) is 9.78 Å². The van der Waals surface area contributed by atoms with Crippen LogP contribution in [0.15, 0.2) is 67.4 Å². The minimum atomic E-state index is 0.0767. The maximum absolute atomic E-state index is 12.8. The minimum absolute atomic E-state index is 0.0767. The van der Waals surface area contributed by atoms with Gasteiger partial charge in [-0.25, -0.2) is 4.98 Å². The lowest BCUT2D eigenvalue weighted by Gasteiger charge is -2.35. The number of hydrogen-bond donors (Lipinski definition) is 0. The van der Waals surface area contributed by atoms with E-state index in [4.69, 9.17) is 0 Å². The molecule has 3 aromatic rings. The van der Waals surface area contributed by atoms with E-state index >= 15 is 0 Å². The van der Waals surface area contributed by atoms with E-state index in [0.29, 0.717) is 13.1 Å². The Morgan fingerprint density at radius 3 is 2.48 bits per heavy atom. The minimum Gasteiger partial charge on any atom is -0.352 e. The molecule has 0 unspecified atom stereocenters. The van der Waals surface area contributed by atoms with Crippen molar-refractivity contribution in [3.63, 3.8) is 0 Å². The Morgan fingerprint density at radius 2 is 1.76 bits per heavy atom. The molecule has 6 nitrogen and oxygen atoms in total. The van der Waals surface area contributed by atoms with E-state index in [1.54, 1.807) is 18.6 Å². The summed E-state index contributed by atoms with van der Waals surface area (Å²) in [6.45, 7) is 2.90. The van der Waals surface area contributed by atoms with Crippen LogP contribution < -0.4 is 4.90 Å². The van der Waals surface area contributed by atoms with Crippen molar-refractivity contribution in [3.8, 4) is 5.69 Å². The molecule has 3 heterocycles. The molecule has 4 rings (SSSR count). The van der Waals surface area contributed by atoms with E-state index in [1.165, 1.54) is 0 Å². The molecule has 0 N–H and O–H groups in total. The van der Waals surface area contributed by atoms with Crippen LogP contribution in [0.25, 0.3) is 5.69 Å². The molecule has 0 bridgehead atoms. The van der Waals surface area contributed by atoms with Crippen molar-refractivity contribution in [1.29, 1.82) is 0 Å². The molecule has 25 heavy (non-hydrogen) atoms. The molecule has 126 valence electrons. The zero-order chi connectivity index (χ0) is 17.1. The van der Waals surface area contributed by atoms with Crippen molar-refractivity contribution >= 4 is 11.7 Å². The Bertz CT molecular complexity index is 839. The molecule has 1 aromatic carbocycles. The maximum Gasteiger partial charge on any atom is 0.254 e. The lowest BCUT2D eigenvalue weighted by atomic mass is 10.1. The van der Waals surface area contributed by atoms with Crippen molar-refractivity contribution in [3.05, 3.63) is 72.9 Å². The van der Waals surface area contributed by atoms with Crippen molar-refractivity contribution in [2.75, 3.05) is 31.1 Å². The summed E-state index contributed by atoms with van der Waals surface area (Å²) in [5, 5.41) is 0. The van der Waals surface area contributed by atoms with Gasteiger partial charge in [-0.2, -0.15) is 0 Å². The van der Waals surface area contributed by atoms with Crippen LogP contribution in [-0.4, -0.2) is 51.5 Å². The summed E-state index contributed by atoms with van der Waals surface area (Å²) in [6.07, 6.45) is 9.07. The highest BCUT2D eigenvalue weighted by Gasteiger charge is 2.23. The van der Waals surface area contributed by atoms with Gasteiger partial charge >= 0.3 is 0 Å². The van der Waals surface area contributed by atoms with Crippen molar-refractivity contribution < 1.29 is 4.79 Å². The van der Waals surface area contributed by atoms with Gasteiger partial charge in [-0.1, -0.05) is 6.07 Å². The Balaban J connectivity index is 1.45. The normalized spacial score (nSPS) is 14.6. The number of rotatable bonds is 3. The number of carbonyl (C=O) groups is 1. The number of nitrogens with zero attached hydrogens (tertiary/aromatic N) is 5. The zero-order valence-corrected chi connectivity index (χ0v) is 13.8. The fraction of sp³-hybridized carbons (Fsp3) is 0.211. The molecule has 1 saturated heterocycles. The van der Waals surface area contributed by atoms with Gasteiger partial charge in [0.2, 0.25) is 0 Å². The lowest BCUT2D eigenvalue weighted by Crippen LogP contribution is -2.49. The molecule has 2 aromatic heterocycles. The molecule has 1 aliphatic rings. The molecule has 0 aliphatic carbocycles. The van der Waals surface area contributed by atoms with Crippen LogP contribution in [0.5, 0.6) is 0 Å². The smallest absolute Gasteiger partial charge is 0.254 e. The van der Waals surface area contributed by atoms with Gasteiger partial charge < -0.3 is 14.4 Å². The SMILES string of the molecule is O=C(c1cccc(-n2cccc2)c1)N1CCN(c2cnccn2)CC1. The summed E-state index contributed by atoms with van der Waals surface area (Å²) in [4.78, 5) is 25.3. The Morgan fingerprint density at radius 1 is 0.960 bits per heavy atom. The molecule has 6 heteroatoms. The number of aromatic nitrogens is 3. The highest BCUT2D eigenvalue weighted by molar-refractivity contribution is 5.95. The third-order valence-electron chi connectivity index (χ3n) is 4.44. The summed E-state index contributed by atoms with van der Waals surface area (Å²) >= 11 is 0. The molecular weight excluding hydrogens is 314 g/mol. The third-order valence-corrected chi connectivity index (χ3v) is 4.44. The van der Waals surface area contributed by atoms with Crippen molar-refractivity contribution in [1.82, 2.24) is 19.4 Å². The van der Waals surface area contributed by atoms with Gasteiger partial charge in [0.15, 0.2) is 0 Å². The second-order valence-corrected chi connectivity index (χ2v) is 5.98. The topological polar surface area (TPSA) is 54.3 Å². The van der Waals surface area contributed by atoms with Crippen LogP contribution in [0.1, 0.15) is 10.4 Å². The van der Waals surface area contributed by atoms with E-state index in [-0.39, 0.29) is 5.91 Å². The summed E-state index contributed by atoms with van der Waals surface area (Å²) in [5.74, 6) is 0.942. The van der Waals surface area contributed by atoms with E-state index in [1.807, 2.05) is 58.3 Å². The highest BCUT2D eigenvalue weighted by atomic mass is 16.2. The first-order valence-electron chi connectivity index (χ1n) is 8.35. The average Bonchev–Trinajstić information content (AvgIpc) is 3.23. The molecular formula is C19H19N5O. The Labute approximate surface area is 146 Å². The van der Waals surface area contributed by atoms with Crippen molar-refractivity contribution in [2.24, 2.45) is 0 Å². The predicted octanol–water partition coefficient (Wildman–Crippen LogP) is 2.23. The van der Waals surface area contributed by atoms with E-state index in [9.17, 15) is 4.79 Å². The molecule has 0 spiro atoms. The fourth-order valence-electron chi connectivity index (χ4n) is 3.08. The van der Waals surface area contributed by atoms with Gasteiger partial charge in [0.05, 0.1) is 6.20 Å². The van der Waals surface area contributed by atoms with Crippen LogP contribution in [-0.2, 0) is 0 Å². The number of piperazine rings is 1. The number of anilines is 1. The molecule has 0 saturated carbocycles. The number of carbonyl (C=O) groups excluding carboxylic acids is 1. The fourth-order valence-corrected chi connectivity index (χ4v) is 3.08. The second-order valence-electron chi connectivity index (χ2n) is 5.98. The first-order valence-corrected chi connectivity index (χ1v) is 8.35. The van der Waals surface area contributed by atoms with Crippen LogP contribution in [0.4, 0.5) is 5.82 Å². The number of benzene rings is 1. The number of hydrogen-bond acceptors (Lipinski definition) is 4. The predicted molar refractivity (Wildman–Crippen MR) is 95.9 cm³/mol. The van der Waals surface area contributed by atoms with Crippen LogP contribution in [0.3, 0.4) is 0 Å². The van der Waals surface area contributed by atoms with Gasteiger partial charge in [-0.05, 0) is 30.3 Å². The largest absolute Gasteiger partial charge is 0.352 e. The van der Waals surface area contributed by atoms with Crippen LogP contribution in [0.2, 0.25) is 0 Å². The standard InChI is InChI=1S/C19H19N5O/c25-19(16-4-3-5-17(14-16)22-8-1-2-9-22)24-12-10-23(11-13-24)18-15-20-6-7-21-18/h1-9,14-15H,10-13H2. The van der Waals surface area contributed by atoms with E-state index < -0.39 is 0 Å². The molecule has 0 radical (unpaired) electrons. The zero-order valence-electron chi connectivity index (χ0n) is 13.8. The van der Waals surface area contributed by atoms with Crippen molar-refractivity contribution in [2.45, 2.75) is 0 Å². The first-order chi connectivity index (χ1) is 12.3. The van der Waals surface area contributed by atoms with Gasteiger partial charge in [0.1, 0.15) is 5.82 Å². The molecule has 1 amide bonds. The molecule has 0 atom stereocenters. The summed E-state index contributed by atoms with van der Waals surface area (Å²) < 4.78 is 2.00. The first kappa shape index (κ1) is 15.4. The average molecular weight is 333 g/mol. The summed E-state index contributed by atoms with van der Waals surface area (Å²) in [5.41, 5.74) is 1.72. The molecule has 1 fully saturated rings. The van der Waals surface area contributed by atoms with Gasteiger partial charge in [-0.15, -0.1) is 0 Å². The third kappa shape index (κ3) is 3.24. The monoisotopic (exact) mass is 333 g/mol.